The van der Waals surface area contributed by atoms with Crippen LogP contribution in [0, 0.1) is 5.41 Å². The van der Waals surface area contributed by atoms with E-state index in [-0.39, 0.29) is 5.41 Å². The maximum atomic E-state index is 11.3. The topological polar surface area (TPSA) is 34.1 Å². The van der Waals surface area contributed by atoms with Crippen molar-refractivity contribution in [3.8, 4) is 0 Å². The summed E-state index contributed by atoms with van der Waals surface area (Å²) in [6, 6.07) is 0. The molecule has 78 valence electrons. The van der Waals surface area contributed by atoms with Gasteiger partial charge in [0.05, 0.1) is 4.75 Å². The predicted octanol–water partition coefficient (Wildman–Crippen LogP) is 2.91. The van der Waals surface area contributed by atoms with Crippen molar-refractivity contribution in [1.82, 2.24) is 0 Å². The van der Waals surface area contributed by atoms with E-state index in [9.17, 15) is 8.42 Å². The minimum Gasteiger partial charge on any atom is -0.212 e. The number of halogens is 1. The number of rotatable bonds is 4. The summed E-state index contributed by atoms with van der Waals surface area (Å²) in [6.45, 7) is 6.27. The second kappa shape index (κ2) is 3.13. The third-order valence-electron chi connectivity index (χ3n) is 3.08. The van der Waals surface area contributed by atoms with Crippen molar-refractivity contribution in [1.29, 1.82) is 0 Å². The minimum atomic E-state index is -3.36. The summed E-state index contributed by atoms with van der Waals surface area (Å²) >= 11 is 0. The van der Waals surface area contributed by atoms with Gasteiger partial charge < -0.3 is 0 Å². The quantitative estimate of drug-likeness (QED) is 0.689. The van der Waals surface area contributed by atoms with E-state index in [1.807, 2.05) is 0 Å². The third-order valence-corrected chi connectivity index (χ3v) is 5.65. The SMILES string of the molecule is CCC(C)(C)CC1(S(=O)(=O)Cl)CC1. The molecule has 13 heavy (non-hydrogen) atoms. The molecule has 0 aromatic heterocycles. The van der Waals surface area contributed by atoms with E-state index < -0.39 is 13.8 Å². The largest absolute Gasteiger partial charge is 0.238 e. The van der Waals surface area contributed by atoms with Crippen LogP contribution in [0.1, 0.15) is 46.5 Å². The first-order valence-electron chi connectivity index (χ1n) is 4.67. The fraction of sp³-hybridized carbons (Fsp3) is 1.00. The van der Waals surface area contributed by atoms with Crippen LogP contribution in [0.3, 0.4) is 0 Å². The highest BCUT2D eigenvalue weighted by atomic mass is 35.7. The summed E-state index contributed by atoms with van der Waals surface area (Å²) in [5.74, 6) is 0. The van der Waals surface area contributed by atoms with Crippen LogP contribution in [0.15, 0.2) is 0 Å². The van der Waals surface area contributed by atoms with E-state index in [2.05, 4.69) is 20.8 Å². The van der Waals surface area contributed by atoms with Gasteiger partial charge in [0.15, 0.2) is 0 Å². The van der Waals surface area contributed by atoms with Gasteiger partial charge in [-0.15, -0.1) is 0 Å². The van der Waals surface area contributed by atoms with Gasteiger partial charge in [-0.25, -0.2) is 8.42 Å². The molecule has 0 amide bonds. The molecule has 0 saturated heterocycles. The predicted molar refractivity (Wildman–Crippen MR) is 55.4 cm³/mol. The molecule has 1 saturated carbocycles. The summed E-state index contributed by atoms with van der Waals surface area (Å²) in [6.07, 6.45) is 3.16. The number of hydrogen-bond donors (Lipinski definition) is 0. The van der Waals surface area contributed by atoms with Crippen LogP contribution in [-0.4, -0.2) is 13.2 Å². The lowest BCUT2D eigenvalue weighted by Crippen LogP contribution is -2.26. The molecule has 4 heteroatoms. The molecule has 0 aromatic carbocycles. The van der Waals surface area contributed by atoms with Crippen LogP contribution in [0.2, 0.25) is 0 Å². The lowest BCUT2D eigenvalue weighted by molar-refractivity contribution is 0.309. The van der Waals surface area contributed by atoms with Gasteiger partial charge >= 0.3 is 0 Å². The fourth-order valence-electron chi connectivity index (χ4n) is 1.64. The van der Waals surface area contributed by atoms with Crippen LogP contribution in [0.25, 0.3) is 0 Å². The Labute approximate surface area is 85.1 Å². The molecule has 0 spiro atoms. The Morgan fingerprint density at radius 1 is 1.38 bits per heavy atom. The normalized spacial score (nSPS) is 21.5. The minimum absolute atomic E-state index is 0.0818. The van der Waals surface area contributed by atoms with Gasteiger partial charge in [0.25, 0.3) is 0 Å². The van der Waals surface area contributed by atoms with Crippen molar-refractivity contribution >= 4 is 19.7 Å². The molecule has 0 bridgehead atoms. The van der Waals surface area contributed by atoms with E-state index in [4.69, 9.17) is 10.7 Å². The van der Waals surface area contributed by atoms with Gasteiger partial charge in [0.2, 0.25) is 9.05 Å². The fourth-order valence-corrected chi connectivity index (χ4v) is 3.42. The van der Waals surface area contributed by atoms with Crippen molar-refractivity contribution in [2.45, 2.75) is 51.2 Å². The Hall–Kier alpha value is 0.240. The van der Waals surface area contributed by atoms with Gasteiger partial charge in [-0.05, 0) is 24.7 Å². The molecule has 0 heterocycles. The maximum Gasteiger partial charge on any atom is 0.238 e. The summed E-state index contributed by atoms with van der Waals surface area (Å²) in [4.78, 5) is 0. The molecule has 0 unspecified atom stereocenters. The Kier molecular flexibility index (Phi) is 2.72. The summed E-state index contributed by atoms with van der Waals surface area (Å²) < 4.78 is 22.0. The molecule has 0 N–H and O–H groups in total. The van der Waals surface area contributed by atoms with Crippen molar-refractivity contribution in [3.63, 3.8) is 0 Å². The standard InChI is InChI=1S/C9H17ClO2S/c1-4-8(2,3)7-9(5-6-9)13(10,11)12/h4-7H2,1-3H3. The lowest BCUT2D eigenvalue weighted by Gasteiger charge is -2.26. The highest BCUT2D eigenvalue weighted by Crippen LogP contribution is 2.53. The first-order valence-corrected chi connectivity index (χ1v) is 6.98. The number of hydrogen-bond acceptors (Lipinski definition) is 2. The monoisotopic (exact) mass is 224 g/mol. The van der Waals surface area contributed by atoms with E-state index in [1.54, 1.807) is 0 Å². The second-order valence-electron chi connectivity index (χ2n) is 4.82. The lowest BCUT2D eigenvalue weighted by atomic mass is 9.84. The Morgan fingerprint density at radius 2 is 1.85 bits per heavy atom. The average molecular weight is 225 g/mol. The maximum absolute atomic E-state index is 11.3. The molecule has 0 aliphatic heterocycles. The first-order chi connectivity index (χ1) is 5.72. The summed E-state index contributed by atoms with van der Waals surface area (Å²) in [5.41, 5.74) is 0.0818. The van der Waals surface area contributed by atoms with Crippen molar-refractivity contribution in [2.24, 2.45) is 5.41 Å². The molecule has 0 aromatic rings. The van der Waals surface area contributed by atoms with Gasteiger partial charge in [-0.1, -0.05) is 27.2 Å². The molecule has 1 aliphatic carbocycles. The Bertz CT molecular complexity index is 289. The Balaban J connectivity index is 2.76. The molecule has 1 aliphatic rings. The first kappa shape index (κ1) is 11.3. The van der Waals surface area contributed by atoms with Crippen LogP contribution in [0.5, 0.6) is 0 Å². The molecule has 0 atom stereocenters. The van der Waals surface area contributed by atoms with Crippen LogP contribution in [-0.2, 0) is 9.05 Å². The average Bonchev–Trinajstić information content (AvgIpc) is 2.67. The van der Waals surface area contributed by atoms with E-state index in [0.29, 0.717) is 6.42 Å². The third kappa shape index (κ3) is 2.38. The van der Waals surface area contributed by atoms with Gasteiger partial charge in [0, 0.05) is 10.7 Å². The van der Waals surface area contributed by atoms with E-state index >= 15 is 0 Å². The van der Waals surface area contributed by atoms with Gasteiger partial charge in [0.1, 0.15) is 0 Å². The zero-order valence-corrected chi connectivity index (χ0v) is 10.0. The molecular weight excluding hydrogens is 208 g/mol. The molecule has 2 nitrogen and oxygen atoms in total. The van der Waals surface area contributed by atoms with Gasteiger partial charge in [-0.3, -0.25) is 0 Å². The smallest absolute Gasteiger partial charge is 0.212 e. The molecular formula is C9H17ClO2S. The van der Waals surface area contributed by atoms with E-state index in [1.165, 1.54) is 0 Å². The van der Waals surface area contributed by atoms with Crippen molar-refractivity contribution < 1.29 is 8.42 Å². The van der Waals surface area contributed by atoms with Crippen LogP contribution >= 0.6 is 10.7 Å². The molecule has 1 rings (SSSR count). The van der Waals surface area contributed by atoms with Crippen molar-refractivity contribution in [2.75, 3.05) is 0 Å². The van der Waals surface area contributed by atoms with Crippen LogP contribution in [0.4, 0.5) is 0 Å². The zero-order valence-electron chi connectivity index (χ0n) is 8.43. The van der Waals surface area contributed by atoms with E-state index in [0.717, 1.165) is 19.3 Å². The summed E-state index contributed by atoms with van der Waals surface area (Å²) in [5, 5.41) is 0. The Morgan fingerprint density at radius 3 is 2.08 bits per heavy atom. The highest BCUT2D eigenvalue weighted by molar-refractivity contribution is 8.15. The van der Waals surface area contributed by atoms with Gasteiger partial charge in [-0.2, -0.15) is 0 Å². The molecule has 0 radical (unpaired) electrons. The van der Waals surface area contributed by atoms with Crippen LogP contribution < -0.4 is 0 Å². The zero-order chi connectivity index (χ0) is 10.3. The summed E-state index contributed by atoms with van der Waals surface area (Å²) in [7, 11) is 2.06. The highest BCUT2D eigenvalue weighted by Gasteiger charge is 2.55. The second-order valence-corrected chi connectivity index (χ2v) is 7.78. The molecule has 1 fully saturated rings. The van der Waals surface area contributed by atoms with Crippen molar-refractivity contribution in [3.05, 3.63) is 0 Å².